The summed E-state index contributed by atoms with van der Waals surface area (Å²) >= 11 is 1.37. The van der Waals surface area contributed by atoms with Gasteiger partial charge < -0.3 is 14.5 Å². The number of carbonyl (C=O) groups excluding carboxylic acids is 2. The number of nitrogens with one attached hydrogen (secondary N) is 1. The standard InChI is InChI=1S/C22H21NO4S/c24-20(18-7-4-12-27-18)19-9-8-17(28-19)15-23-21(25)22(10-13-26-14-11-22)16-5-2-1-3-6-16/h1-9,12H,10-11,13-15H2,(H,23,25). The van der Waals surface area contributed by atoms with E-state index in [1.807, 2.05) is 36.4 Å². The number of ether oxygens (including phenoxy) is 1. The fraction of sp³-hybridized carbons (Fsp3) is 0.273. The molecule has 3 heterocycles. The maximum absolute atomic E-state index is 13.2. The van der Waals surface area contributed by atoms with E-state index in [0.717, 1.165) is 10.4 Å². The zero-order chi connectivity index (χ0) is 19.4. The van der Waals surface area contributed by atoms with Gasteiger partial charge in [0.2, 0.25) is 11.7 Å². The summed E-state index contributed by atoms with van der Waals surface area (Å²) in [7, 11) is 0. The Balaban J connectivity index is 1.47. The molecule has 0 unspecified atom stereocenters. The number of thiophene rings is 1. The smallest absolute Gasteiger partial charge is 0.238 e. The van der Waals surface area contributed by atoms with Crippen molar-refractivity contribution in [3.8, 4) is 0 Å². The lowest BCUT2D eigenvalue weighted by molar-refractivity contribution is -0.130. The first-order chi connectivity index (χ1) is 13.7. The van der Waals surface area contributed by atoms with E-state index in [2.05, 4.69) is 5.32 Å². The molecule has 5 nitrogen and oxygen atoms in total. The van der Waals surface area contributed by atoms with Gasteiger partial charge in [-0.05, 0) is 42.7 Å². The van der Waals surface area contributed by atoms with Crippen molar-refractivity contribution in [1.82, 2.24) is 5.32 Å². The van der Waals surface area contributed by atoms with E-state index in [-0.39, 0.29) is 11.7 Å². The van der Waals surface area contributed by atoms with Gasteiger partial charge in [-0.15, -0.1) is 11.3 Å². The third kappa shape index (κ3) is 3.66. The van der Waals surface area contributed by atoms with Gasteiger partial charge in [0, 0.05) is 18.1 Å². The summed E-state index contributed by atoms with van der Waals surface area (Å²) in [6.07, 6.45) is 2.81. The Hall–Kier alpha value is -2.70. The summed E-state index contributed by atoms with van der Waals surface area (Å²) in [6.45, 7) is 1.54. The van der Waals surface area contributed by atoms with Gasteiger partial charge in [0.15, 0.2) is 5.76 Å². The van der Waals surface area contributed by atoms with Crippen LogP contribution in [0.1, 0.15) is 38.7 Å². The number of rotatable bonds is 6. The zero-order valence-corrected chi connectivity index (χ0v) is 16.2. The van der Waals surface area contributed by atoms with Crippen molar-refractivity contribution in [2.45, 2.75) is 24.8 Å². The van der Waals surface area contributed by atoms with Crippen molar-refractivity contribution in [3.05, 3.63) is 81.9 Å². The number of hydrogen-bond acceptors (Lipinski definition) is 5. The predicted octanol–water partition coefficient (Wildman–Crippen LogP) is 3.94. The van der Waals surface area contributed by atoms with Crippen LogP contribution in [-0.2, 0) is 21.5 Å². The molecule has 28 heavy (non-hydrogen) atoms. The van der Waals surface area contributed by atoms with E-state index in [1.165, 1.54) is 17.6 Å². The molecule has 0 atom stereocenters. The van der Waals surface area contributed by atoms with Crippen LogP contribution in [0, 0.1) is 0 Å². The van der Waals surface area contributed by atoms with Crippen LogP contribution >= 0.6 is 11.3 Å². The molecule has 0 spiro atoms. The lowest BCUT2D eigenvalue weighted by Gasteiger charge is -2.36. The first-order valence-corrected chi connectivity index (χ1v) is 10.1. The lowest BCUT2D eigenvalue weighted by atomic mass is 9.73. The molecule has 6 heteroatoms. The minimum atomic E-state index is -0.566. The van der Waals surface area contributed by atoms with Crippen LogP contribution in [0.15, 0.2) is 65.3 Å². The SMILES string of the molecule is O=C(c1ccco1)c1ccc(CNC(=O)C2(c3ccccc3)CCOCC2)s1. The summed E-state index contributed by atoms with van der Waals surface area (Å²) in [4.78, 5) is 27.1. The van der Waals surface area contributed by atoms with Crippen LogP contribution in [0.4, 0.5) is 0 Å². The maximum Gasteiger partial charge on any atom is 0.238 e. The molecule has 3 aromatic rings. The van der Waals surface area contributed by atoms with Gasteiger partial charge in [0.25, 0.3) is 0 Å². The van der Waals surface area contributed by atoms with Gasteiger partial charge in [0.05, 0.1) is 23.1 Å². The summed E-state index contributed by atoms with van der Waals surface area (Å²) in [5, 5.41) is 3.08. The molecule has 1 aromatic carbocycles. The number of carbonyl (C=O) groups is 2. The fourth-order valence-electron chi connectivity index (χ4n) is 3.58. The number of ketones is 1. The Labute approximate surface area is 167 Å². The molecular formula is C22H21NO4S. The second-order valence-electron chi connectivity index (χ2n) is 6.82. The second-order valence-corrected chi connectivity index (χ2v) is 7.98. The number of benzene rings is 1. The second kappa shape index (κ2) is 8.12. The van der Waals surface area contributed by atoms with Gasteiger partial charge >= 0.3 is 0 Å². The van der Waals surface area contributed by atoms with Gasteiger partial charge in [-0.25, -0.2) is 0 Å². The third-order valence-electron chi connectivity index (χ3n) is 5.16. The summed E-state index contributed by atoms with van der Waals surface area (Å²) in [5.41, 5.74) is 0.458. The number of hydrogen-bond donors (Lipinski definition) is 1. The Morgan fingerprint density at radius 3 is 2.50 bits per heavy atom. The van der Waals surface area contributed by atoms with Crippen LogP contribution in [0.25, 0.3) is 0 Å². The van der Waals surface area contributed by atoms with E-state index in [4.69, 9.17) is 9.15 Å². The van der Waals surface area contributed by atoms with E-state index < -0.39 is 5.41 Å². The molecule has 2 aromatic heterocycles. The van der Waals surface area contributed by atoms with E-state index >= 15 is 0 Å². The molecule has 1 N–H and O–H groups in total. The van der Waals surface area contributed by atoms with Crippen LogP contribution in [0.5, 0.6) is 0 Å². The summed E-state index contributed by atoms with van der Waals surface area (Å²) in [5.74, 6) is 0.190. The maximum atomic E-state index is 13.2. The molecule has 0 saturated carbocycles. The third-order valence-corrected chi connectivity index (χ3v) is 6.24. The Morgan fingerprint density at radius 2 is 1.79 bits per heavy atom. The topological polar surface area (TPSA) is 68.5 Å². The van der Waals surface area contributed by atoms with Crippen LogP contribution in [-0.4, -0.2) is 24.9 Å². The largest absolute Gasteiger partial charge is 0.461 e. The first-order valence-electron chi connectivity index (χ1n) is 9.27. The van der Waals surface area contributed by atoms with Gasteiger partial charge in [-0.1, -0.05) is 30.3 Å². The molecule has 144 valence electrons. The highest BCUT2D eigenvalue weighted by molar-refractivity contribution is 7.14. The molecule has 1 fully saturated rings. The summed E-state index contributed by atoms with van der Waals surface area (Å²) < 4.78 is 10.7. The van der Waals surface area contributed by atoms with Gasteiger partial charge in [-0.3, -0.25) is 9.59 Å². The van der Waals surface area contributed by atoms with Crippen molar-refractivity contribution < 1.29 is 18.7 Å². The lowest BCUT2D eigenvalue weighted by Crippen LogP contribution is -2.47. The average molecular weight is 395 g/mol. The minimum Gasteiger partial charge on any atom is -0.461 e. The van der Waals surface area contributed by atoms with Gasteiger partial charge in [0.1, 0.15) is 0 Å². The Morgan fingerprint density at radius 1 is 1.00 bits per heavy atom. The molecular weight excluding hydrogens is 374 g/mol. The summed E-state index contributed by atoms with van der Waals surface area (Å²) in [6, 6.07) is 16.9. The molecule has 4 rings (SSSR count). The molecule has 0 radical (unpaired) electrons. The highest BCUT2D eigenvalue weighted by Crippen LogP contribution is 2.35. The van der Waals surface area contributed by atoms with Crippen molar-refractivity contribution in [2.75, 3.05) is 13.2 Å². The highest BCUT2D eigenvalue weighted by Gasteiger charge is 2.41. The first kappa shape index (κ1) is 18.7. The van der Waals surface area contributed by atoms with Crippen molar-refractivity contribution >= 4 is 23.0 Å². The van der Waals surface area contributed by atoms with E-state index in [0.29, 0.717) is 43.2 Å². The van der Waals surface area contributed by atoms with E-state index in [9.17, 15) is 9.59 Å². The normalized spacial score (nSPS) is 15.9. The zero-order valence-electron chi connectivity index (χ0n) is 15.4. The highest BCUT2D eigenvalue weighted by atomic mass is 32.1. The van der Waals surface area contributed by atoms with E-state index in [1.54, 1.807) is 18.2 Å². The molecule has 0 aliphatic carbocycles. The average Bonchev–Trinajstić information content (AvgIpc) is 3.45. The fourth-order valence-corrected chi connectivity index (χ4v) is 4.48. The monoisotopic (exact) mass is 395 g/mol. The number of furan rings is 1. The molecule has 1 aliphatic rings. The quantitative estimate of drug-likeness (QED) is 0.642. The van der Waals surface area contributed by atoms with Crippen LogP contribution < -0.4 is 5.32 Å². The minimum absolute atomic E-state index is 0.00862. The molecule has 1 aliphatic heterocycles. The Bertz CT molecular complexity index is 940. The predicted molar refractivity (Wildman–Crippen MR) is 106 cm³/mol. The van der Waals surface area contributed by atoms with Crippen LogP contribution in [0.2, 0.25) is 0 Å². The molecule has 1 amide bonds. The Kier molecular flexibility index (Phi) is 5.41. The van der Waals surface area contributed by atoms with Crippen molar-refractivity contribution in [3.63, 3.8) is 0 Å². The molecule has 1 saturated heterocycles. The van der Waals surface area contributed by atoms with Crippen LogP contribution in [0.3, 0.4) is 0 Å². The number of amides is 1. The van der Waals surface area contributed by atoms with Gasteiger partial charge in [-0.2, -0.15) is 0 Å². The van der Waals surface area contributed by atoms with Crippen molar-refractivity contribution in [2.24, 2.45) is 0 Å². The molecule has 0 bridgehead atoms. The van der Waals surface area contributed by atoms with Crippen molar-refractivity contribution in [1.29, 1.82) is 0 Å².